The van der Waals surface area contributed by atoms with Crippen LogP contribution < -0.4 is 11.1 Å². The summed E-state index contributed by atoms with van der Waals surface area (Å²) in [6.07, 6.45) is 6.90. The number of benzene rings is 1. The number of aryl methyl sites for hydroxylation is 1. The van der Waals surface area contributed by atoms with Gasteiger partial charge in [0.25, 0.3) is 5.91 Å². The number of nitrogen functional groups attached to an aromatic ring is 1. The molecule has 0 aliphatic rings. The third-order valence-corrected chi connectivity index (χ3v) is 3.03. The van der Waals surface area contributed by atoms with Crippen LogP contribution in [0.3, 0.4) is 0 Å². The Balaban J connectivity index is 1.77. The lowest BCUT2D eigenvalue weighted by molar-refractivity contribution is 0.0952. The van der Waals surface area contributed by atoms with Crippen molar-refractivity contribution in [3.05, 3.63) is 48.1 Å². The maximum Gasteiger partial charge on any atom is 0.251 e. The number of rotatable bonds is 6. The molecule has 0 aliphatic carbocycles. The monoisotopic (exact) mass is 294 g/mol. The van der Waals surface area contributed by atoms with Crippen LogP contribution in [0.1, 0.15) is 23.2 Å². The maximum atomic E-state index is 13.2. The van der Waals surface area contributed by atoms with E-state index in [1.807, 2.05) is 10.8 Å². The highest BCUT2D eigenvalue weighted by Crippen LogP contribution is 2.17. The molecule has 0 aliphatic heterocycles. The first-order valence-electron chi connectivity index (χ1n) is 6.56. The molecule has 5 nitrogen and oxygen atoms in total. The fraction of sp³-hybridized carbons (Fsp3) is 0.286. The number of hydrogen-bond acceptors (Lipinski definition) is 3. The van der Waals surface area contributed by atoms with Crippen LogP contribution in [-0.2, 0) is 6.54 Å². The number of halogens is 2. The molecule has 0 spiro atoms. The average Bonchev–Trinajstić information content (AvgIpc) is 2.96. The van der Waals surface area contributed by atoms with Crippen LogP contribution in [0.4, 0.5) is 14.5 Å². The largest absolute Gasteiger partial charge is 0.394 e. The van der Waals surface area contributed by atoms with E-state index in [9.17, 15) is 13.6 Å². The number of nitrogens with zero attached hydrogens (tertiary/aromatic N) is 2. The number of nitrogens with one attached hydrogen (secondary N) is 1. The summed E-state index contributed by atoms with van der Waals surface area (Å²) < 4.78 is 28.4. The van der Waals surface area contributed by atoms with Crippen molar-refractivity contribution in [2.75, 3.05) is 12.3 Å². The van der Waals surface area contributed by atoms with Gasteiger partial charge in [-0.2, -0.15) is 0 Å². The molecule has 0 saturated carbocycles. The van der Waals surface area contributed by atoms with Gasteiger partial charge in [-0.25, -0.2) is 13.8 Å². The van der Waals surface area contributed by atoms with Crippen LogP contribution in [0, 0.1) is 11.6 Å². The van der Waals surface area contributed by atoms with Crippen molar-refractivity contribution in [1.82, 2.24) is 14.9 Å². The summed E-state index contributed by atoms with van der Waals surface area (Å²) in [5, 5.41) is 2.61. The van der Waals surface area contributed by atoms with E-state index >= 15 is 0 Å². The maximum absolute atomic E-state index is 13.2. The fourth-order valence-electron chi connectivity index (χ4n) is 1.86. The molecule has 0 bridgehead atoms. The molecular weight excluding hydrogens is 278 g/mol. The second-order valence-electron chi connectivity index (χ2n) is 4.62. The Kier molecular flexibility index (Phi) is 4.86. The zero-order valence-corrected chi connectivity index (χ0v) is 11.4. The molecule has 7 heteroatoms. The van der Waals surface area contributed by atoms with Crippen molar-refractivity contribution in [3.8, 4) is 0 Å². The van der Waals surface area contributed by atoms with Crippen molar-refractivity contribution in [2.45, 2.75) is 19.4 Å². The van der Waals surface area contributed by atoms with Crippen molar-refractivity contribution in [3.63, 3.8) is 0 Å². The predicted molar refractivity (Wildman–Crippen MR) is 74.6 cm³/mol. The molecule has 2 rings (SSSR count). The molecule has 2 aromatic rings. The Morgan fingerprint density at radius 1 is 1.29 bits per heavy atom. The number of carbonyl (C=O) groups excluding carboxylic acids is 1. The first kappa shape index (κ1) is 15.0. The minimum atomic E-state index is -0.930. The van der Waals surface area contributed by atoms with Gasteiger partial charge in [-0.1, -0.05) is 0 Å². The van der Waals surface area contributed by atoms with Gasteiger partial charge in [0.15, 0.2) is 0 Å². The number of aromatic nitrogens is 2. The van der Waals surface area contributed by atoms with E-state index in [4.69, 9.17) is 5.73 Å². The third kappa shape index (κ3) is 4.01. The van der Waals surface area contributed by atoms with Gasteiger partial charge in [-0.15, -0.1) is 0 Å². The zero-order valence-electron chi connectivity index (χ0n) is 11.4. The first-order valence-corrected chi connectivity index (χ1v) is 6.56. The second-order valence-corrected chi connectivity index (χ2v) is 4.62. The van der Waals surface area contributed by atoms with E-state index in [2.05, 4.69) is 10.3 Å². The molecule has 0 unspecified atom stereocenters. The van der Waals surface area contributed by atoms with Gasteiger partial charge in [-0.05, 0) is 25.0 Å². The molecule has 1 heterocycles. The van der Waals surface area contributed by atoms with Crippen molar-refractivity contribution >= 4 is 11.6 Å². The average molecular weight is 294 g/mol. The minimum Gasteiger partial charge on any atom is -0.394 e. The van der Waals surface area contributed by atoms with Gasteiger partial charge >= 0.3 is 0 Å². The van der Waals surface area contributed by atoms with Gasteiger partial charge in [0, 0.05) is 31.0 Å². The van der Waals surface area contributed by atoms with Gasteiger partial charge in [0.1, 0.15) is 17.3 Å². The smallest absolute Gasteiger partial charge is 0.251 e. The highest BCUT2D eigenvalue weighted by atomic mass is 19.1. The van der Waals surface area contributed by atoms with E-state index < -0.39 is 23.2 Å². The summed E-state index contributed by atoms with van der Waals surface area (Å²) in [6.45, 7) is 1.24. The molecule has 1 amide bonds. The molecule has 1 aromatic carbocycles. The molecule has 1 aromatic heterocycles. The topological polar surface area (TPSA) is 72.9 Å². The van der Waals surface area contributed by atoms with Gasteiger partial charge in [0.2, 0.25) is 0 Å². The summed E-state index contributed by atoms with van der Waals surface area (Å²) in [5.74, 6) is -2.38. The summed E-state index contributed by atoms with van der Waals surface area (Å²) in [5.41, 5.74) is 4.50. The zero-order chi connectivity index (χ0) is 15.2. The Morgan fingerprint density at radius 2 is 2.00 bits per heavy atom. The lowest BCUT2D eigenvalue weighted by Crippen LogP contribution is -2.25. The first-order chi connectivity index (χ1) is 10.1. The number of amides is 1. The van der Waals surface area contributed by atoms with E-state index in [1.165, 1.54) is 0 Å². The normalized spacial score (nSPS) is 10.6. The van der Waals surface area contributed by atoms with Crippen molar-refractivity contribution < 1.29 is 13.6 Å². The highest BCUT2D eigenvalue weighted by Gasteiger charge is 2.12. The van der Waals surface area contributed by atoms with E-state index in [-0.39, 0.29) is 5.56 Å². The standard InChI is InChI=1S/C14H16F2N4O/c15-11-7-10(8-12(16)13(11)17)14(21)19-3-1-2-5-20-6-4-18-9-20/h4,6-9H,1-3,5,17H2,(H,19,21). The quantitative estimate of drug-likeness (QED) is 0.632. The number of hydrogen-bond donors (Lipinski definition) is 2. The van der Waals surface area contributed by atoms with Crippen LogP contribution in [0.25, 0.3) is 0 Å². The summed E-state index contributed by atoms with van der Waals surface area (Å²) in [6, 6.07) is 1.86. The van der Waals surface area contributed by atoms with Gasteiger partial charge < -0.3 is 15.6 Å². The Morgan fingerprint density at radius 3 is 2.62 bits per heavy atom. The summed E-state index contributed by atoms with van der Waals surface area (Å²) in [4.78, 5) is 15.7. The van der Waals surface area contributed by atoms with Crippen LogP contribution in [-0.4, -0.2) is 22.0 Å². The number of unbranched alkanes of at least 4 members (excludes halogenated alkanes) is 1. The lowest BCUT2D eigenvalue weighted by atomic mass is 10.1. The minimum absolute atomic E-state index is 0.0752. The summed E-state index contributed by atoms with van der Waals surface area (Å²) in [7, 11) is 0. The van der Waals surface area contributed by atoms with Crippen LogP contribution in [0.2, 0.25) is 0 Å². The molecule has 3 N–H and O–H groups in total. The number of carbonyl (C=O) groups is 1. The van der Waals surface area contributed by atoms with Crippen molar-refractivity contribution in [2.24, 2.45) is 0 Å². The van der Waals surface area contributed by atoms with Crippen molar-refractivity contribution in [1.29, 1.82) is 0 Å². The summed E-state index contributed by atoms with van der Waals surface area (Å²) >= 11 is 0. The number of imidazole rings is 1. The van der Waals surface area contributed by atoms with Crippen LogP contribution in [0.5, 0.6) is 0 Å². The molecule has 21 heavy (non-hydrogen) atoms. The molecule has 112 valence electrons. The Labute approximate surface area is 120 Å². The van der Waals surface area contributed by atoms with Gasteiger partial charge in [-0.3, -0.25) is 4.79 Å². The molecule has 0 radical (unpaired) electrons. The van der Waals surface area contributed by atoms with E-state index in [0.717, 1.165) is 31.5 Å². The van der Waals surface area contributed by atoms with E-state index in [1.54, 1.807) is 12.5 Å². The molecular formula is C14H16F2N4O. The van der Waals surface area contributed by atoms with Gasteiger partial charge in [0.05, 0.1) is 6.33 Å². The number of anilines is 1. The Bertz CT molecular complexity index is 590. The Hall–Kier alpha value is -2.44. The fourth-order valence-corrected chi connectivity index (χ4v) is 1.86. The highest BCUT2D eigenvalue weighted by molar-refractivity contribution is 5.94. The predicted octanol–water partition coefficient (Wildman–Crippen LogP) is 1.95. The molecule has 0 saturated heterocycles. The van der Waals surface area contributed by atoms with Crippen LogP contribution >= 0.6 is 0 Å². The number of nitrogens with two attached hydrogens (primary N) is 1. The lowest BCUT2D eigenvalue weighted by Gasteiger charge is -2.07. The second kappa shape index (κ2) is 6.83. The molecule has 0 fully saturated rings. The SMILES string of the molecule is Nc1c(F)cc(C(=O)NCCCCn2ccnc2)cc1F. The van der Waals surface area contributed by atoms with E-state index in [0.29, 0.717) is 6.54 Å². The third-order valence-electron chi connectivity index (χ3n) is 3.03. The van der Waals surface area contributed by atoms with Crippen LogP contribution in [0.15, 0.2) is 30.9 Å². The molecule has 0 atom stereocenters.